The molecule has 2 heteroatoms. The average Bonchev–Trinajstić information content (AvgIpc) is 2.33. The van der Waals surface area contributed by atoms with E-state index >= 15 is 0 Å². The molecule has 0 aromatic heterocycles. The lowest BCUT2D eigenvalue weighted by molar-refractivity contribution is 0.237. The second-order valence-corrected chi connectivity index (χ2v) is 5.39. The molecular formula is C15H24N2. The van der Waals surface area contributed by atoms with Crippen molar-refractivity contribution in [3.8, 4) is 0 Å². The topological polar surface area (TPSA) is 15.3 Å². The molecule has 1 unspecified atom stereocenters. The van der Waals surface area contributed by atoms with E-state index in [1.165, 1.54) is 43.6 Å². The Bertz CT molecular complexity index is 325. The van der Waals surface area contributed by atoms with Crippen molar-refractivity contribution in [3.63, 3.8) is 0 Å². The van der Waals surface area contributed by atoms with Crippen LogP contribution in [0.15, 0.2) is 24.3 Å². The number of rotatable bonds is 4. The van der Waals surface area contributed by atoms with Crippen LogP contribution in [0.2, 0.25) is 0 Å². The third-order valence-electron chi connectivity index (χ3n) is 3.54. The Labute approximate surface area is 105 Å². The number of hydrogen-bond donors (Lipinski definition) is 1. The SMILES string of the molecule is Cc1ccc(CN(C)CC2CCCNC2)cc1. The van der Waals surface area contributed by atoms with Gasteiger partial charge >= 0.3 is 0 Å². The molecule has 1 aromatic carbocycles. The van der Waals surface area contributed by atoms with E-state index in [4.69, 9.17) is 0 Å². The van der Waals surface area contributed by atoms with Gasteiger partial charge < -0.3 is 10.2 Å². The molecule has 2 nitrogen and oxygen atoms in total. The third-order valence-corrected chi connectivity index (χ3v) is 3.54. The Morgan fingerprint density at radius 1 is 1.29 bits per heavy atom. The number of benzene rings is 1. The van der Waals surface area contributed by atoms with Gasteiger partial charge in [0.05, 0.1) is 0 Å². The third kappa shape index (κ3) is 4.14. The number of nitrogens with one attached hydrogen (secondary N) is 1. The fourth-order valence-electron chi connectivity index (χ4n) is 2.59. The molecule has 0 bridgehead atoms. The lowest BCUT2D eigenvalue weighted by Gasteiger charge is -2.27. The van der Waals surface area contributed by atoms with Gasteiger partial charge in [0.2, 0.25) is 0 Å². The standard InChI is InChI=1S/C15H24N2/c1-13-5-7-14(8-6-13)11-17(2)12-15-4-3-9-16-10-15/h5-8,15-16H,3-4,9-12H2,1-2H3. The number of nitrogens with zero attached hydrogens (tertiary/aromatic N) is 1. The quantitative estimate of drug-likeness (QED) is 0.857. The molecule has 1 heterocycles. The molecule has 17 heavy (non-hydrogen) atoms. The highest BCUT2D eigenvalue weighted by atomic mass is 15.1. The van der Waals surface area contributed by atoms with Gasteiger partial charge in [-0.25, -0.2) is 0 Å². The predicted octanol–water partition coefficient (Wildman–Crippen LogP) is 2.43. The fraction of sp³-hybridized carbons (Fsp3) is 0.600. The van der Waals surface area contributed by atoms with E-state index in [9.17, 15) is 0 Å². The summed E-state index contributed by atoms with van der Waals surface area (Å²) in [7, 11) is 2.23. The average molecular weight is 232 g/mol. The van der Waals surface area contributed by atoms with Crippen LogP contribution in [-0.4, -0.2) is 31.6 Å². The molecule has 0 amide bonds. The summed E-state index contributed by atoms with van der Waals surface area (Å²) in [4.78, 5) is 2.45. The summed E-state index contributed by atoms with van der Waals surface area (Å²) in [6.45, 7) is 6.81. The predicted molar refractivity (Wildman–Crippen MR) is 73.1 cm³/mol. The Kier molecular flexibility index (Phi) is 4.57. The van der Waals surface area contributed by atoms with Gasteiger partial charge in [0.25, 0.3) is 0 Å². The van der Waals surface area contributed by atoms with Gasteiger partial charge in [-0.05, 0) is 51.4 Å². The van der Waals surface area contributed by atoms with Gasteiger partial charge in [-0.15, -0.1) is 0 Å². The van der Waals surface area contributed by atoms with Crippen LogP contribution in [-0.2, 0) is 6.54 Å². The van der Waals surface area contributed by atoms with Crippen LogP contribution < -0.4 is 5.32 Å². The van der Waals surface area contributed by atoms with E-state index in [2.05, 4.69) is 48.5 Å². The summed E-state index contributed by atoms with van der Waals surface area (Å²) >= 11 is 0. The first-order valence-corrected chi connectivity index (χ1v) is 6.69. The summed E-state index contributed by atoms with van der Waals surface area (Å²) in [5.74, 6) is 0.833. The molecule has 0 aliphatic carbocycles. The minimum absolute atomic E-state index is 0.833. The Morgan fingerprint density at radius 3 is 2.71 bits per heavy atom. The monoisotopic (exact) mass is 232 g/mol. The number of aryl methyl sites for hydroxylation is 1. The van der Waals surface area contributed by atoms with Crippen molar-refractivity contribution < 1.29 is 0 Å². The van der Waals surface area contributed by atoms with E-state index in [1.54, 1.807) is 0 Å². The Balaban J connectivity index is 1.79. The summed E-state index contributed by atoms with van der Waals surface area (Å²) < 4.78 is 0. The van der Waals surface area contributed by atoms with E-state index in [1.807, 2.05) is 0 Å². The summed E-state index contributed by atoms with van der Waals surface area (Å²) in [5.41, 5.74) is 2.76. The molecule has 1 aliphatic rings. The first-order chi connectivity index (χ1) is 8.24. The second-order valence-electron chi connectivity index (χ2n) is 5.39. The van der Waals surface area contributed by atoms with Crippen LogP contribution in [0.4, 0.5) is 0 Å². The van der Waals surface area contributed by atoms with Crippen molar-refractivity contribution in [3.05, 3.63) is 35.4 Å². The maximum Gasteiger partial charge on any atom is 0.0230 e. The Hall–Kier alpha value is -0.860. The molecule has 2 rings (SSSR count). The molecule has 0 radical (unpaired) electrons. The second kappa shape index (κ2) is 6.18. The van der Waals surface area contributed by atoms with E-state index in [0.717, 1.165) is 12.5 Å². The van der Waals surface area contributed by atoms with E-state index in [0.29, 0.717) is 0 Å². The maximum absolute atomic E-state index is 3.48. The van der Waals surface area contributed by atoms with Crippen LogP contribution in [0.3, 0.4) is 0 Å². The molecular weight excluding hydrogens is 208 g/mol. The van der Waals surface area contributed by atoms with Crippen molar-refractivity contribution in [2.75, 3.05) is 26.7 Å². The molecule has 0 saturated carbocycles. The zero-order valence-electron chi connectivity index (χ0n) is 11.1. The van der Waals surface area contributed by atoms with Gasteiger partial charge in [0.1, 0.15) is 0 Å². The zero-order chi connectivity index (χ0) is 12.1. The van der Waals surface area contributed by atoms with Crippen molar-refractivity contribution in [2.45, 2.75) is 26.3 Å². The molecule has 94 valence electrons. The van der Waals surface area contributed by atoms with Crippen LogP contribution in [0.1, 0.15) is 24.0 Å². The summed E-state index contributed by atoms with van der Waals surface area (Å²) in [5, 5.41) is 3.48. The van der Waals surface area contributed by atoms with Crippen molar-refractivity contribution in [1.82, 2.24) is 10.2 Å². The normalized spacial score (nSPS) is 20.8. The fourth-order valence-corrected chi connectivity index (χ4v) is 2.59. The lowest BCUT2D eigenvalue weighted by Crippen LogP contribution is -2.36. The Morgan fingerprint density at radius 2 is 2.06 bits per heavy atom. The molecule has 1 aliphatic heterocycles. The van der Waals surface area contributed by atoms with E-state index in [-0.39, 0.29) is 0 Å². The molecule has 1 atom stereocenters. The minimum atomic E-state index is 0.833. The van der Waals surface area contributed by atoms with Crippen LogP contribution in [0.25, 0.3) is 0 Å². The lowest BCUT2D eigenvalue weighted by atomic mass is 9.99. The highest BCUT2D eigenvalue weighted by Crippen LogP contribution is 2.13. The number of hydrogen-bond acceptors (Lipinski definition) is 2. The zero-order valence-corrected chi connectivity index (χ0v) is 11.1. The van der Waals surface area contributed by atoms with Gasteiger partial charge in [-0.3, -0.25) is 0 Å². The molecule has 1 fully saturated rings. The highest BCUT2D eigenvalue weighted by Gasteiger charge is 2.14. The largest absolute Gasteiger partial charge is 0.316 e. The van der Waals surface area contributed by atoms with Crippen LogP contribution in [0.5, 0.6) is 0 Å². The summed E-state index contributed by atoms with van der Waals surface area (Å²) in [6.07, 6.45) is 2.72. The molecule has 1 saturated heterocycles. The first-order valence-electron chi connectivity index (χ1n) is 6.69. The molecule has 0 spiro atoms. The van der Waals surface area contributed by atoms with Gasteiger partial charge in [0.15, 0.2) is 0 Å². The van der Waals surface area contributed by atoms with E-state index < -0.39 is 0 Å². The maximum atomic E-state index is 3.48. The number of piperidine rings is 1. The molecule has 1 aromatic rings. The van der Waals surface area contributed by atoms with Gasteiger partial charge in [0, 0.05) is 13.1 Å². The minimum Gasteiger partial charge on any atom is -0.316 e. The van der Waals surface area contributed by atoms with Gasteiger partial charge in [-0.2, -0.15) is 0 Å². The van der Waals surface area contributed by atoms with Crippen molar-refractivity contribution >= 4 is 0 Å². The van der Waals surface area contributed by atoms with Crippen molar-refractivity contribution in [2.24, 2.45) is 5.92 Å². The van der Waals surface area contributed by atoms with Crippen LogP contribution in [0, 0.1) is 12.8 Å². The highest BCUT2D eigenvalue weighted by molar-refractivity contribution is 5.21. The molecule has 1 N–H and O–H groups in total. The first kappa shape index (κ1) is 12.6. The smallest absolute Gasteiger partial charge is 0.0230 e. The van der Waals surface area contributed by atoms with Crippen molar-refractivity contribution in [1.29, 1.82) is 0 Å². The van der Waals surface area contributed by atoms with Gasteiger partial charge in [-0.1, -0.05) is 29.8 Å². The van der Waals surface area contributed by atoms with Crippen LogP contribution >= 0.6 is 0 Å². The summed E-state index contributed by atoms with van der Waals surface area (Å²) in [6, 6.07) is 8.88.